The lowest BCUT2D eigenvalue weighted by molar-refractivity contribution is -0.121. The Bertz CT molecular complexity index is 782. The molecule has 3 aromatic heterocycles. The molecule has 1 unspecified atom stereocenters. The zero-order valence-corrected chi connectivity index (χ0v) is 15.8. The summed E-state index contributed by atoms with van der Waals surface area (Å²) in [5.74, 6) is 0.972. The first-order valence-electron chi connectivity index (χ1n) is 7.95. The Hall–Kier alpha value is -2.03. The first-order chi connectivity index (χ1) is 12.1. The van der Waals surface area contributed by atoms with Gasteiger partial charge in [0.2, 0.25) is 17.7 Å². The predicted octanol–water partition coefficient (Wildman–Crippen LogP) is 3.21. The van der Waals surface area contributed by atoms with Crippen LogP contribution in [0.2, 0.25) is 0 Å². The number of aromatic nitrogens is 2. The zero-order chi connectivity index (χ0) is 17.6. The minimum Gasteiger partial charge on any atom is -0.421 e. The smallest absolute Gasteiger partial charge is 0.248 e. The fraction of sp³-hybridized carbons (Fsp3) is 0.353. The van der Waals surface area contributed by atoms with Crippen LogP contribution in [0.5, 0.6) is 0 Å². The van der Waals surface area contributed by atoms with E-state index in [1.54, 1.807) is 22.7 Å². The summed E-state index contributed by atoms with van der Waals surface area (Å²) in [7, 11) is 4.03. The molecule has 6 nitrogen and oxygen atoms in total. The number of likely N-dealkylation sites (N-methyl/N-ethyl adjacent to an activating group) is 1. The van der Waals surface area contributed by atoms with Gasteiger partial charge in [0, 0.05) is 35.2 Å². The van der Waals surface area contributed by atoms with Gasteiger partial charge >= 0.3 is 0 Å². The van der Waals surface area contributed by atoms with E-state index >= 15 is 0 Å². The van der Waals surface area contributed by atoms with E-state index in [9.17, 15) is 4.79 Å². The highest BCUT2D eigenvalue weighted by atomic mass is 32.1. The van der Waals surface area contributed by atoms with Crippen LogP contribution in [0.15, 0.2) is 38.8 Å². The molecule has 3 aromatic rings. The van der Waals surface area contributed by atoms with Crippen molar-refractivity contribution in [2.75, 3.05) is 20.6 Å². The number of hydrogen-bond acceptors (Lipinski definition) is 7. The highest BCUT2D eigenvalue weighted by Crippen LogP contribution is 2.23. The Morgan fingerprint density at radius 1 is 1.32 bits per heavy atom. The number of hydrogen-bond donors (Lipinski definition) is 1. The molecular weight excluding hydrogens is 356 g/mol. The van der Waals surface area contributed by atoms with E-state index in [4.69, 9.17) is 4.42 Å². The average Bonchev–Trinajstić information content (AvgIpc) is 3.33. The highest BCUT2D eigenvalue weighted by molar-refractivity contribution is 7.10. The number of nitrogens with one attached hydrogen (secondary N) is 1. The normalized spacial score (nSPS) is 12.4. The van der Waals surface area contributed by atoms with Crippen molar-refractivity contribution in [1.29, 1.82) is 0 Å². The molecular formula is C17H20N4O2S2. The first-order valence-corrected chi connectivity index (χ1v) is 9.77. The summed E-state index contributed by atoms with van der Waals surface area (Å²) in [4.78, 5) is 15.5. The molecule has 3 heterocycles. The van der Waals surface area contributed by atoms with Crippen molar-refractivity contribution in [2.45, 2.75) is 18.9 Å². The first kappa shape index (κ1) is 17.8. The maximum atomic E-state index is 12.1. The van der Waals surface area contributed by atoms with Gasteiger partial charge in [-0.25, -0.2) is 0 Å². The van der Waals surface area contributed by atoms with Crippen molar-refractivity contribution in [3.8, 4) is 11.5 Å². The van der Waals surface area contributed by atoms with Crippen LogP contribution in [-0.2, 0) is 11.2 Å². The van der Waals surface area contributed by atoms with Gasteiger partial charge in [0.25, 0.3) is 0 Å². The van der Waals surface area contributed by atoms with Crippen LogP contribution in [0, 0.1) is 0 Å². The number of aryl methyl sites for hydroxylation is 1. The van der Waals surface area contributed by atoms with Gasteiger partial charge in [0.15, 0.2) is 0 Å². The minimum atomic E-state index is -0.0151. The van der Waals surface area contributed by atoms with Crippen molar-refractivity contribution >= 4 is 28.6 Å². The monoisotopic (exact) mass is 376 g/mol. The van der Waals surface area contributed by atoms with E-state index in [-0.39, 0.29) is 11.9 Å². The molecule has 3 rings (SSSR count). The Morgan fingerprint density at radius 3 is 2.88 bits per heavy atom. The van der Waals surface area contributed by atoms with Crippen molar-refractivity contribution in [3.05, 3.63) is 45.1 Å². The number of carbonyl (C=O) groups is 1. The van der Waals surface area contributed by atoms with Gasteiger partial charge in [0.05, 0.1) is 6.04 Å². The molecule has 25 heavy (non-hydrogen) atoms. The van der Waals surface area contributed by atoms with Gasteiger partial charge in [-0.3, -0.25) is 4.79 Å². The van der Waals surface area contributed by atoms with E-state index in [0.717, 1.165) is 5.56 Å². The summed E-state index contributed by atoms with van der Waals surface area (Å²) >= 11 is 3.27. The summed E-state index contributed by atoms with van der Waals surface area (Å²) in [5, 5.41) is 17.0. The second-order valence-corrected chi connectivity index (χ2v) is 7.57. The largest absolute Gasteiger partial charge is 0.421 e. The van der Waals surface area contributed by atoms with Crippen molar-refractivity contribution in [1.82, 2.24) is 20.4 Å². The maximum absolute atomic E-state index is 12.1. The molecule has 0 spiro atoms. The molecule has 0 saturated carbocycles. The van der Waals surface area contributed by atoms with Crippen LogP contribution >= 0.6 is 22.7 Å². The van der Waals surface area contributed by atoms with Gasteiger partial charge in [0.1, 0.15) is 0 Å². The molecule has 0 radical (unpaired) electrons. The molecule has 0 aliphatic carbocycles. The van der Waals surface area contributed by atoms with Gasteiger partial charge in [-0.2, -0.15) is 11.3 Å². The second-order valence-electron chi connectivity index (χ2n) is 5.81. The third-order valence-corrected chi connectivity index (χ3v) is 5.45. The van der Waals surface area contributed by atoms with E-state index in [2.05, 4.69) is 26.5 Å². The summed E-state index contributed by atoms with van der Waals surface area (Å²) in [6.07, 6.45) is 0.768. The van der Waals surface area contributed by atoms with Crippen LogP contribution in [0.4, 0.5) is 0 Å². The Kier molecular flexibility index (Phi) is 5.95. The van der Waals surface area contributed by atoms with Gasteiger partial charge in [-0.1, -0.05) is 6.07 Å². The Balaban J connectivity index is 1.48. The zero-order valence-electron chi connectivity index (χ0n) is 14.1. The average molecular weight is 377 g/mol. The topological polar surface area (TPSA) is 71.3 Å². The fourth-order valence-electron chi connectivity index (χ4n) is 2.40. The lowest BCUT2D eigenvalue weighted by Crippen LogP contribution is -2.34. The Morgan fingerprint density at radius 2 is 2.20 bits per heavy atom. The summed E-state index contributed by atoms with van der Waals surface area (Å²) in [5.41, 5.74) is 0.915. The number of rotatable bonds is 8. The number of amides is 1. The van der Waals surface area contributed by atoms with E-state index in [1.165, 1.54) is 4.88 Å². The van der Waals surface area contributed by atoms with Crippen LogP contribution in [-0.4, -0.2) is 41.6 Å². The number of carbonyl (C=O) groups excluding carboxylic acids is 1. The lowest BCUT2D eigenvalue weighted by Gasteiger charge is -2.23. The number of nitrogens with zero attached hydrogens (tertiary/aromatic N) is 3. The van der Waals surface area contributed by atoms with Crippen LogP contribution in [0.1, 0.15) is 23.2 Å². The second kappa shape index (κ2) is 8.37. The molecule has 0 bridgehead atoms. The van der Waals surface area contributed by atoms with Crippen LogP contribution in [0.3, 0.4) is 0 Å². The third-order valence-electron chi connectivity index (χ3n) is 3.79. The quantitative estimate of drug-likeness (QED) is 0.654. The van der Waals surface area contributed by atoms with E-state index in [1.807, 2.05) is 42.4 Å². The molecule has 1 atom stereocenters. The Labute approximate surface area is 154 Å². The van der Waals surface area contributed by atoms with Crippen molar-refractivity contribution < 1.29 is 9.21 Å². The van der Waals surface area contributed by atoms with Crippen LogP contribution in [0.25, 0.3) is 11.5 Å². The van der Waals surface area contributed by atoms with Gasteiger partial charge in [-0.05, 0) is 37.0 Å². The molecule has 0 fully saturated rings. The van der Waals surface area contributed by atoms with Gasteiger partial charge < -0.3 is 14.6 Å². The molecule has 1 amide bonds. The highest BCUT2D eigenvalue weighted by Gasteiger charge is 2.17. The molecule has 0 aliphatic heterocycles. The number of thiophene rings is 2. The summed E-state index contributed by atoms with van der Waals surface area (Å²) in [6.45, 7) is 0.580. The maximum Gasteiger partial charge on any atom is 0.248 e. The predicted molar refractivity (Wildman–Crippen MR) is 99.7 cm³/mol. The SMILES string of the molecule is CN(C)C(CNC(=O)CCc1nnc(-c2ccsc2)o1)c1cccs1. The van der Waals surface area contributed by atoms with E-state index in [0.29, 0.717) is 31.2 Å². The molecule has 0 aromatic carbocycles. The lowest BCUT2D eigenvalue weighted by atomic mass is 10.2. The molecule has 132 valence electrons. The van der Waals surface area contributed by atoms with Crippen molar-refractivity contribution in [2.24, 2.45) is 0 Å². The molecule has 0 aliphatic rings. The van der Waals surface area contributed by atoms with E-state index < -0.39 is 0 Å². The third kappa shape index (κ3) is 4.75. The van der Waals surface area contributed by atoms with Crippen molar-refractivity contribution in [3.63, 3.8) is 0 Å². The molecule has 8 heteroatoms. The summed E-state index contributed by atoms with van der Waals surface area (Å²) < 4.78 is 5.60. The molecule has 1 N–H and O–H groups in total. The van der Waals surface area contributed by atoms with Crippen LogP contribution < -0.4 is 5.32 Å². The fourth-order valence-corrected chi connectivity index (χ4v) is 3.95. The minimum absolute atomic E-state index is 0.0151. The molecule has 0 saturated heterocycles. The summed E-state index contributed by atoms with van der Waals surface area (Å²) in [6, 6.07) is 6.23. The standard InChI is InChI=1S/C17H20N4O2S2/c1-21(2)13(14-4-3-8-25-14)10-18-15(22)5-6-16-19-20-17(23-16)12-7-9-24-11-12/h3-4,7-9,11,13H,5-6,10H2,1-2H3,(H,18,22). The van der Waals surface area contributed by atoms with Gasteiger partial charge in [-0.15, -0.1) is 21.5 Å².